The second-order valence-electron chi connectivity index (χ2n) is 5.27. The molecule has 0 heterocycles. The molecule has 0 aliphatic rings. The molecule has 94 valence electrons. The van der Waals surface area contributed by atoms with E-state index in [-0.39, 0.29) is 12.3 Å². The van der Waals surface area contributed by atoms with Gasteiger partial charge in [-0.2, -0.15) is 0 Å². The summed E-state index contributed by atoms with van der Waals surface area (Å²) >= 11 is 0. The van der Waals surface area contributed by atoms with E-state index in [1.165, 1.54) is 0 Å². The summed E-state index contributed by atoms with van der Waals surface area (Å²) in [7, 11) is 0. The molecule has 0 aliphatic carbocycles. The maximum Gasteiger partial charge on any atom is 0.307 e. The molecule has 0 fully saturated rings. The minimum atomic E-state index is -1.80. The summed E-state index contributed by atoms with van der Waals surface area (Å²) in [6.45, 7) is 8.77. The second kappa shape index (κ2) is 5.87. The smallest absolute Gasteiger partial charge is 0.307 e. The number of ether oxygens (including phenoxy) is 1. The van der Waals surface area contributed by atoms with Crippen molar-refractivity contribution in [1.82, 2.24) is 0 Å². The lowest BCUT2D eigenvalue weighted by atomic mass is 9.94. The Balaban J connectivity index is 4.67. The van der Waals surface area contributed by atoms with Crippen molar-refractivity contribution >= 4 is 11.9 Å². The van der Waals surface area contributed by atoms with E-state index in [1.807, 2.05) is 13.8 Å². The van der Waals surface area contributed by atoms with E-state index < -0.39 is 29.9 Å². The number of carbonyl (C=O) groups is 2. The standard InChI is InChI=1S/C12H22O4/c1-8(2)6-9(11(14)15)7-10(13)16-12(3,4)5/h8-9H,6-7H2,1-5H3,(H,14,15)/t9-/m0/s1/i9D. The Hall–Kier alpha value is -1.06. The fraction of sp³-hybridized carbons (Fsp3) is 0.833. The van der Waals surface area contributed by atoms with E-state index in [0.717, 1.165) is 0 Å². The highest BCUT2D eigenvalue weighted by Crippen LogP contribution is 2.18. The zero-order chi connectivity index (χ0) is 13.9. The number of carboxylic acid groups (broad SMARTS) is 1. The van der Waals surface area contributed by atoms with Crippen LogP contribution < -0.4 is 0 Å². The third-order valence-electron chi connectivity index (χ3n) is 1.73. The van der Waals surface area contributed by atoms with Gasteiger partial charge in [-0.25, -0.2) is 0 Å². The predicted octanol–water partition coefficient (Wildman–Crippen LogP) is 2.47. The Labute approximate surface area is 98.4 Å². The molecule has 16 heavy (non-hydrogen) atoms. The van der Waals surface area contributed by atoms with Crippen LogP contribution in [0.2, 0.25) is 0 Å². The first-order valence-electron chi connectivity index (χ1n) is 5.91. The predicted molar refractivity (Wildman–Crippen MR) is 61.0 cm³/mol. The van der Waals surface area contributed by atoms with E-state index >= 15 is 0 Å². The lowest BCUT2D eigenvalue weighted by molar-refractivity contribution is -0.160. The highest BCUT2D eigenvalue weighted by molar-refractivity contribution is 5.78. The fourth-order valence-corrected chi connectivity index (χ4v) is 1.28. The van der Waals surface area contributed by atoms with E-state index in [2.05, 4.69) is 0 Å². The largest absolute Gasteiger partial charge is 0.481 e. The molecule has 0 spiro atoms. The van der Waals surface area contributed by atoms with Crippen LogP contribution >= 0.6 is 0 Å². The van der Waals surface area contributed by atoms with Crippen LogP contribution in [0.5, 0.6) is 0 Å². The Kier molecular flexibility index (Phi) is 4.77. The number of carbonyl (C=O) groups excluding carboxylic acids is 1. The van der Waals surface area contributed by atoms with E-state index in [9.17, 15) is 9.59 Å². The molecule has 0 aromatic rings. The molecule has 0 saturated heterocycles. The molecule has 0 aliphatic heterocycles. The molecule has 0 bridgehead atoms. The van der Waals surface area contributed by atoms with Gasteiger partial charge >= 0.3 is 11.9 Å². The molecule has 0 aromatic heterocycles. The Morgan fingerprint density at radius 2 is 1.88 bits per heavy atom. The molecule has 0 saturated carbocycles. The van der Waals surface area contributed by atoms with Crippen LogP contribution in [0.1, 0.15) is 48.8 Å². The van der Waals surface area contributed by atoms with Crippen molar-refractivity contribution in [2.45, 2.75) is 53.1 Å². The van der Waals surface area contributed by atoms with Gasteiger partial charge in [0.25, 0.3) is 0 Å². The number of aliphatic carboxylic acids is 1. The van der Waals surface area contributed by atoms with Crippen LogP contribution in [0.3, 0.4) is 0 Å². The van der Waals surface area contributed by atoms with Crippen LogP contribution in [-0.4, -0.2) is 22.6 Å². The highest BCUT2D eigenvalue weighted by atomic mass is 16.6. The van der Waals surface area contributed by atoms with Crippen LogP contribution in [0.25, 0.3) is 0 Å². The Bertz CT molecular complexity index is 293. The van der Waals surface area contributed by atoms with Crippen molar-refractivity contribution in [3.63, 3.8) is 0 Å². The molecule has 0 rings (SSSR count). The van der Waals surface area contributed by atoms with Gasteiger partial charge in [-0.15, -0.1) is 0 Å². The molecule has 0 radical (unpaired) electrons. The van der Waals surface area contributed by atoms with Crippen molar-refractivity contribution in [3.05, 3.63) is 0 Å². The lowest BCUT2D eigenvalue weighted by Crippen LogP contribution is -2.27. The van der Waals surface area contributed by atoms with Crippen LogP contribution in [0, 0.1) is 11.8 Å². The minimum absolute atomic E-state index is 0.0334. The number of hydrogen-bond donors (Lipinski definition) is 1. The third kappa shape index (κ3) is 7.26. The third-order valence-corrected chi connectivity index (χ3v) is 1.73. The van der Waals surface area contributed by atoms with Gasteiger partial charge < -0.3 is 9.84 Å². The average molecular weight is 231 g/mol. The molecule has 4 heteroatoms. The maximum atomic E-state index is 11.6. The van der Waals surface area contributed by atoms with E-state index in [0.29, 0.717) is 0 Å². The Morgan fingerprint density at radius 3 is 2.19 bits per heavy atom. The zero-order valence-corrected chi connectivity index (χ0v) is 10.7. The molecule has 1 atom stereocenters. The summed E-state index contributed by atoms with van der Waals surface area (Å²) in [5.74, 6) is -3.69. The highest BCUT2D eigenvalue weighted by Gasteiger charge is 2.25. The molecule has 0 unspecified atom stereocenters. The number of esters is 1. The van der Waals surface area contributed by atoms with Gasteiger partial charge in [0.05, 0.1) is 12.3 Å². The summed E-state index contributed by atoms with van der Waals surface area (Å²) in [4.78, 5) is 22.6. The molecule has 0 amide bonds. The van der Waals surface area contributed by atoms with Crippen molar-refractivity contribution in [3.8, 4) is 0 Å². The van der Waals surface area contributed by atoms with Crippen molar-refractivity contribution < 1.29 is 20.8 Å². The van der Waals surface area contributed by atoms with Gasteiger partial charge in [-0.05, 0) is 33.1 Å². The first kappa shape index (κ1) is 13.0. The number of rotatable bonds is 5. The molecular formula is C12H22O4. The fourth-order valence-electron chi connectivity index (χ4n) is 1.28. The summed E-state index contributed by atoms with van der Waals surface area (Å²) < 4.78 is 12.9. The number of carboxylic acids is 1. The van der Waals surface area contributed by atoms with E-state index in [4.69, 9.17) is 11.2 Å². The van der Waals surface area contributed by atoms with Gasteiger partial charge in [-0.1, -0.05) is 13.8 Å². The first-order valence-corrected chi connectivity index (χ1v) is 5.41. The summed E-state index contributed by atoms with van der Waals surface area (Å²) in [6.07, 6.45) is -0.292. The maximum absolute atomic E-state index is 11.6. The summed E-state index contributed by atoms with van der Waals surface area (Å²) in [6, 6.07) is 0. The average Bonchev–Trinajstić information content (AvgIpc) is 1.96. The quantitative estimate of drug-likeness (QED) is 0.738. The monoisotopic (exact) mass is 231 g/mol. The van der Waals surface area contributed by atoms with Crippen LogP contribution in [-0.2, 0) is 14.3 Å². The van der Waals surface area contributed by atoms with Gasteiger partial charge in [-0.3, -0.25) is 9.59 Å². The topological polar surface area (TPSA) is 63.6 Å². The lowest BCUT2D eigenvalue weighted by Gasteiger charge is -2.21. The zero-order valence-electron chi connectivity index (χ0n) is 11.7. The molecule has 0 aromatic carbocycles. The van der Waals surface area contributed by atoms with Crippen molar-refractivity contribution in [1.29, 1.82) is 0 Å². The van der Waals surface area contributed by atoms with Crippen LogP contribution in [0.4, 0.5) is 0 Å². The molecule has 4 nitrogen and oxygen atoms in total. The normalized spacial score (nSPS) is 16.5. The first-order chi connectivity index (χ1) is 7.46. The van der Waals surface area contributed by atoms with Crippen LogP contribution in [0.15, 0.2) is 0 Å². The SMILES string of the molecule is [2H][C@@](CC(=O)OC(C)(C)C)(CC(C)C)C(=O)O. The van der Waals surface area contributed by atoms with Gasteiger partial charge in [0.1, 0.15) is 5.60 Å². The van der Waals surface area contributed by atoms with Crippen molar-refractivity contribution in [2.75, 3.05) is 0 Å². The Morgan fingerprint density at radius 1 is 1.38 bits per heavy atom. The summed E-state index contributed by atoms with van der Waals surface area (Å²) in [5, 5.41) is 9.03. The minimum Gasteiger partial charge on any atom is -0.481 e. The summed E-state index contributed by atoms with van der Waals surface area (Å²) in [5.41, 5.74) is -0.658. The molecular weight excluding hydrogens is 208 g/mol. The van der Waals surface area contributed by atoms with E-state index in [1.54, 1.807) is 20.8 Å². The van der Waals surface area contributed by atoms with Gasteiger partial charge in [0.15, 0.2) is 0 Å². The number of hydrogen-bond acceptors (Lipinski definition) is 3. The van der Waals surface area contributed by atoms with Crippen molar-refractivity contribution in [2.24, 2.45) is 11.8 Å². The van der Waals surface area contributed by atoms with Gasteiger partial charge in [0.2, 0.25) is 0 Å². The second-order valence-corrected chi connectivity index (χ2v) is 5.27. The van der Waals surface area contributed by atoms with Gasteiger partial charge in [0, 0.05) is 1.37 Å². The molecule has 1 N–H and O–H groups in total.